The van der Waals surface area contributed by atoms with Crippen molar-refractivity contribution in [3.05, 3.63) is 71.1 Å². The summed E-state index contributed by atoms with van der Waals surface area (Å²) in [6.07, 6.45) is 1.68. The van der Waals surface area contributed by atoms with Crippen molar-refractivity contribution < 1.29 is 68.5 Å². The zero-order valence-corrected chi connectivity index (χ0v) is 28.8. The molecule has 274 valence electrons. The maximum absolute atomic E-state index is 13.6. The van der Waals surface area contributed by atoms with Gasteiger partial charge in [0, 0.05) is 65.7 Å². The third-order valence-corrected chi connectivity index (χ3v) is 11.0. The molecule has 1 aliphatic carbocycles. The first-order valence-corrected chi connectivity index (χ1v) is 19.2. The number of anilines is 1. The first-order valence-electron chi connectivity index (χ1n) is 14.7. The molecular weight excluding hydrogens is 751 g/mol. The highest BCUT2D eigenvalue weighted by atomic mass is 32.2. The fourth-order valence-electron chi connectivity index (χ4n) is 5.47. The third kappa shape index (κ3) is 7.56. The topological polar surface area (TPSA) is 329 Å². The molecule has 19 nitrogen and oxygen atoms in total. The minimum Gasteiger partial charge on any atom is -0.748 e. The van der Waals surface area contributed by atoms with Crippen LogP contribution in [0.1, 0.15) is 27.1 Å². The van der Waals surface area contributed by atoms with E-state index in [0.717, 1.165) is 41.3 Å². The lowest BCUT2D eigenvalue weighted by atomic mass is 9.89. The highest BCUT2D eigenvalue weighted by Gasteiger charge is 2.32. The van der Waals surface area contributed by atoms with E-state index in [1.54, 1.807) is 0 Å². The number of fused-ring (bicyclic) bond motifs is 2. The number of nitrogens with zero attached hydrogens (tertiary/aromatic N) is 1. The van der Waals surface area contributed by atoms with Crippen molar-refractivity contribution in [3.8, 4) is 22.5 Å². The molecule has 3 aliphatic rings. The molecule has 0 bridgehead atoms. The number of aromatic carboxylic acids is 1. The van der Waals surface area contributed by atoms with Gasteiger partial charge in [0.05, 0.1) is 21.4 Å². The lowest BCUT2D eigenvalue weighted by Crippen LogP contribution is -2.47. The molecule has 0 spiro atoms. The van der Waals surface area contributed by atoms with Gasteiger partial charge in [0.15, 0.2) is 16.2 Å². The molecule has 0 saturated heterocycles. The molecule has 0 fully saturated rings. The molecule has 2 heterocycles. The average Bonchev–Trinajstić information content (AvgIpc) is 3.36. The number of hydrogen-bond donors (Lipinski definition) is 5. The van der Waals surface area contributed by atoms with Crippen molar-refractivity contribution in [2.75, 3.05) is 31.1 Å². The minimum absolute atomic E-state index is 0.170. The maximum Gasteiger partial charge on any atom is 0.336 e. The summed E-state index contributed by atoms with van der Waals surface area (Å²) < 4.78 is 105. The number of carboxylic acids is 1. The number of nitrogen functional groups attached to an aromatic ring is 1. The van der Waals surface area contributed by atoms with E-state index in [9.17, 15) is 58.6 Å². The number of benzene rings is 3. The van der Waals surface area contributed by atoms with E-state index in [2.05, 4.69) is 10.0 Å². The van der Waals surface area contributed by atoms with Crippen LogP contribution in [0, 0.1) is 0 Å². The number of imide groups is 1. The van der Waals surface area contributed by atoms with Crippen molar-refractivity contribution in [1.82, 2.24) is 14.9 Å². The number of rotatable bonds is 13. The summed E-state index contributed by atoms with van der Waals surface area (Å²) in [6, 6.07) is 7.90. The molecule has 2 aromatic rings. The smallest absolute Gasteiger partial charge is 0.336 e. The summed E-state index contributed by atoms with van der Waals surface area (Å²) in [5.74, 6) is -5.24. The van der Waals surface area contributed by atoms with Crippen molar-refractivity contribution in [2.24, 2.45) is 0 Å². The Morgan fingerprint density at radius 1 is 0.904 bits per heavy atom. The molecular formula is C30H26N5O14S3-. The van der Waals surface area contributed by atoms with Gasteiger partial charge >= 0.3 is 5.97 Å². The monoisotopic (exact) mass is 776 g/mol. The number of carboxylic acid groups (broad SMARTS) is 1. The largest absolute Gasteiger partial charge is 0.748 e. The summed E-state index contributed by atoms with van der Waals surface area (Å²) >= 11 is 0. The van der Waals surface area contributed by atoms with Crippen LogP contribution >= 0.6 is 0 Å². The molecule has 0 saturated carbocycles. The van der Waals surface area contributed by atoms with Crippen LogP contribution in [0.5, 0.6) is 0 Å². The second-order valence-corrected chi connectivity index (χ2v) is 15.7. The zero-order valence-electron chi connectivity index (χ0n) is 26.3. The lowest BCUT2D eigenvalue weighted by Gasteiger charge is -2.21. The van der Waals surface area contributed by atoms with E-state index >= 15 is 0 Å². The molecule has 3 amide bonds. The van der Waals surface area contributed by atoms with Crippen LogP contribution in [0.25, 0.3) is 33.4 Å². The van der Waals surface area contributed by atoms with Gasteiger partial charge in [0.2, 0.25) is 15.4 Å². The first kappa shape index (κ1) is 37.7. The van der Waals surface area contributed by atoms with Crippen molar-refractivity contribution >= 4 is 70.6 Å². The van der Waals surface area contributed by atoms with Crippen molar-refractivity contribution in [3.63, 3.8) is 0 Å². The van der Waals surface area contributed by atoms with Gasteiger partial charge in [-0.25, -0.2) is 34.8 Å². The Bertz CT molecular complexity index is 2580. The molecule has 2 aliphatic heterocycles. The Kier molecular flexibility index (Phi) is 10.1. The molecule has 0 atom stereocenters. The molecule has 2 aromatic carbocycles. The van der Waals surface area contributed by atoms with E-state index < -0.39 is 110 Å². The van der Waals surface area contributed by atoms with Gasteiger partial charge in [0.25, 0.3) is 17.7 Å². The molecule has 7 N–H and O–H groups in total. The van der Waals surface area contributed by atoms with E-state index in [4.69, 9.17) is 15.6 Å². The zero-order chi connectivity index (χ0) is 38.3. The molecule has 5 rings (SSSR count). The minimum atomic E-state index is -5.45. The third-order valence-electron chi connectivity index (χ3n) is 7.71. The van der Waals surface area contributed by atoms with Gasteiger partial charge in [-0.3, -0.25) is 24.7 Å². The fourth-order valence-corrected chi connectivity index (χ4v) is 8.03. The van der Waals surface area contributed by atoms with Gasteiger partial charge in [-0.2, -0.15) is 0 Å². The lowest BCUT2D eigenvalue weighted by molar-refractivity contribution is -0.176. The number of sulfonamides is 1. The van der Waals surface area contributed by atoms with Crippen molar-refractivity contribution in [1.29, 1.82) is 0 Å². The molecule has 22 heteroatoms. The molecule has 0 unspecified atom stereocenters. The quantitative estimate of drug-likeness (QED) is 0.0320. The summed E-state index contributed by atoms with van der Waals surface area (Å²) in [7, 11) is -14.9. The Morgan fingerprint density at radius 3 is 2.17 bits per heavy atom. The second kappa shape index (κ2) is 13.9. The number of carbonyl (C=O) groups excluding carboxylic acids is 3. The van der Waals surface area contributed by atoms with E-state index in [1.807, 2.05) is 0 Å². The number of hydrogen-bond acceptors (Lipinski definition) is 14. The van der Waals surface area contributed by atoms with Crippen LogP contribution in [0.3, 0.4) is 0 Å². The highest BCUT2D eigenvalue weighted by Crippen LogP contribution is 2.45. The highest BCUT2D eigenvalue weighted by molar-refractivity contribution is 7.90. The maximum atomic E-state index is 13.6. The van der Waals surface area contributed by atoms with Gasteiger partial charge < -0.3 is 29.7 Å². The summed E-state index contributed by atoms with van der Waals surface area (Å²) in [4.78, 5) is 48.2. The standard InChI is InChI=1S/C30H27N5O14S3/c31-20-6-4-17-24(16-3-2-15(14-19(16)30(39)40)29(38)33-11-12-35-22(36)8-9-23(35)37)18-5-7-21(32)28(52(46,47)48)26(18)49-25(17)27(20)51(44,45)34-10-1-13-50(41,42)43/h2-9,14,32,34H,1,10-13,31H2,(H,33,38)(H,39,40)(H,41,42,43)(H,46,47,48)/p-1. The number of nitrogens with one attached hydrogen (secondary N) is 2. The van der Waals surface area contributed by atoms with E-state index in [-0.39, 0.29) is 40.7 Å². The van der Waals surface area contributed by atoms with Gasteiger partial charge in [-0.15, -0.1) is 0 Å². The Labute approximate surface area is 294 Å². The first-order chi connectivity index (χ1) is 24.2. The van der Waals surface area contributed by atoms with Crippen LogP contribution in [-0.2, 0) is 39.8 Å². The molecule has 0 radical (unpaired) electrons. The van der Waals surface area contributed by atoms with E-state index in [0.29, 0.717) is 0 Å². The Hall–Kier alpha value is -5.52. The SMILES string of the molecule is Nc1ccc2c(-c3ccc(C(=O)NCCN4C(=O)C=CC4=O)cc3C(=O)O)c3ccc(=[NH2+])c(S(=O)(=O)[O-])c-3oc2c1S(=O)(=O)NCCCS(=O)(=O)[O-]. The molecule has 0 aromatic heterocycles. The van der Waals surface area contributed by atoms with Crippen LogP contribution in [-0.4, -0.2) is 93.4 Å². The van der Waals surface area contributed by atoms with Crippen LogP contribution in [0.15, 0.2) is 68.8 Å². The normalized spacial score (nSPS) is 13.7. The van der Waals surface area contributed by atoms with Crippen LogP contribution in [0.2, 0.25) is 0 Å². The molecule has 52 heavy (non-hydrogen) atoms. The van der Waals surface area contributed by atoms with E-state index in [1.165, 1.54) is 18.2 Å². The van der Waals surface area contributed by atoms with Gasteiger partial charge in [-0.05, 0) is 42.3 Å². The Morgan fingerprint density at radius 2 is 1.56 bits per heavy atom. The predicted octanol–water partition coefficient (Wildman–Crippen LogP) is -2.08. The number of nitrogens with two attached hydrogens (primary N) is 2. The van der Waals surface area contributed by atoms with Gasteiger partial charge in [0.1, 0.15) is 15.0 Å². The number of carbonyl (C=O) groups is 4. The predicted molar refractivity (Wildman–Crippen MR) is 175 cm³/mol. The van der Waals surface area contributed by atoms with Gasteiger partial charge in [-0.1, -0.05) is 6.07 Å². The number of amides is 3. The van der Waals surface area contributed by atoms with Crippen LogP contribution < -0.4 is 26.5 Å². The summed E-state index contributed by atoms with van der Waals surface area (Å²) in [6.45, 7) is -0.937. The summed E-state index contributed by atoms with van der Waals surface area (Å²) in [5, 5.41) is 17.8. The Balaban J connectivity index is 1.70. The fraction of sp³-hybridized carbons (Fsp3) is 0.167. The van der Waals surface area contributed by atoms with Crippen molar-refractivity contribution in [2.45, 2.75) is 16.2 Å². The average molecular weight is 777 g/mol. The summed E-state index contributed by atoms with van der Waals surface area (Å²) in [5.41, 5.74) is 3.54. The van der Waals surface area contributed by atoms with Crippen LogP contribution in [0.4, 0.5) is 5.69 Å². The second-order valence-electron chi connectivity index (χ2n) is 11.1.